The van der Waals surface area contributed by atoms with E-state index in [1.54, 1.807) is 45.3 Å². The average Bonchev–Trinajstić information content (AvgIpc) is 3.94. The van der Waals surface area contributed by atoms with Crippen molar-refractivity contribution in [3.63, 3.8) is 0 Å². The van der Waals surface area contributed by atoms with Gasteiger partial charge in [0, 0.05) is 34.3 Å². The van der Waals surface area contributed by atoms with Crippen LogP contribution in [-0.2, 0) is 0 Å². The van der Waals surface area contributed by atoms with E-state index in [4.69, 9.17) is 47.9 Å². The summed E-state index contributed by atoms with van der Waals surface area (Å²) in [6, 6.07) is 8.08. The molecule has 0 aromatic carbocycles. The van der Waals surface area contributed by atoms with Crippen LogP contribution in [0.5, 0.6) is 46.0 Å². The van der Waals surface area contributed by atoms with Gasteiger partial charge in [-0.2, -0.15) is 0 Å². The molecule has 0 amide bonds. The summed E-state index contributed by atoms with van der Waals surface area (Å²) in [4.78, 5) is 15.5. The van der Waals surface area contributed by atoms with Gasteiger partial charge in [-0.1, -0.05) is 0 Å². The summed E-state index contributed by atoms with van der Waals surface area (Å²) >= 11 is 6.41. The van der Waals surface area contributed by atoms with Crippen molar-refractivity contribution in [3.8, 4) is 97.8 Å². The molecule has 0 fully saturated rings. The Morgan fingerprint density at radius 3 is 1.17 bits per heavy atom. The van der Waals surface area contributed by atoms with Crippen molar-refractivity contribution in [2.75, 3.05) is 52.9 Å². The van der Waals surface area contributed by atoms with Gasteiger partial charge in [-0.25, -0.2) is 0 Å². The summed E-state index contributed by atoms with van der Waals surface area (Å²) in [5.74, 6) is 6.06. The molecule has 10 rings (SSSR count). The number of ether oxygens (including phenoxy) is 8. The molecule has 6 aromatic rings. The SMILES string of the molecule is c1cc(-c2ccc(-c3sc(-c4scc5c4OCCO5)c4c3OCCO4)cn2)ncc1-c1sc(-c2scc3c2OCCO3)c2c1OCCO2. The molecular weight excluding hydrogens is 693 g/mol. The smallest absolute Gasteiger partial charge is 0.181 e. The van der Waals surface area contributed by atoms with Gasteiger partial charge in [0.25, 0.3) is 0 Å². The molecule has 10 heterocycles. The van der Waals surface area contributed by atoms with E-state index in [0.717, 1.165) is 97.8 Å². The van der Waals surface area contributed by atoms with E-state index in [9.17, 15) is 0 Å². The average molecular weight is 717 g/mol. The molecule has 0 radical (unpaired) electrons. The number of nitrogens with zero attached hydrogens (tertiary/aromatic N) is 2. The molecule has 0 N–H and O–H groups in total. The molecule has 10 nitrogen and oxygen atoms in total. The molecule has 48 heavy (non-hydrogen) atoms. The van der Waals surface area contributed by atoms with Gasteiger partial charge in [-0.15, -0.1) is 45.3 Å². The van der Waals surface area contributed by atoms with E-state index in [0.29, 0.717) is 52.9 Å². The van der Waals surface area contributed by atoms with E-state index in [1.807, 2.05) is 35.3 Å². The number of aromatic nitrogens is 2. The van der Waals surface area contributed by atoms with Crippen LogP contribution in [0.15, 0.2) is 47.4 Å². The third-order valence-corrected chi connectivity index (χ3v) is 12.7. The molecule has 0 saturated carbocycles. The number of rotatable bonds is 5. The molecule has 0 bridgehead atoms. The molecular formula is C34H24N2O8S4. The normalized spacial score (nSPS) is 15.8. The lowest BCUT2D eigenvalue weighted by Crippen LogP contribution is -2.15. The van der Waals surface area contributed by atoms with E-state index < -0.39 is 0 Å². The van der Waals surface area contributed by atoms with Gasteiger partial charge >= 0.3 is 0 Å². The van der Waals surface area contributed by atoms with Crippen LogP contribution < -0.4 is 37.9 Å². The molecule has 14 heteroatoms. The van der Waals surface area contributed by atoms with Crippen molar-refractivity contribution >= 4 is 45.3 Å². The predicted octanol–water partition coefficient (Wildman–Crippen LogP) is 8.14. The maximum absolute atomic E-state index is 6.14. The Kier molecular flexibility index (Phi) is 6.88. The third-order valence-electron chi connectivity index (χ3n) is 8.13. The summed E-state index contributed by atoms with van der Waals surface area (Å²) in [7, 11) is 0. The van der Waals surface area contributed by atoms with E-state index in [2.05, 4.69) is 12.1 Å². The highest BCUT2D eigenvalue weighted by molar-refractivity contribution is 7.25. The molecule has 0 spiro atoms. The minimum atomic E-state index is 0.490. The van der Waals surface area contributed by atoms with Gasteiger partial charge in [0.05, 0.1) is 40.7 Å². The van der Waals surface area contributed by atoms with E-state index in [-0.39, 0.29) is 0 Å². The largest absolute Gasteiger partial charge is 0.485 e. The first-order valence-electron chi connectivity index (χ1n) is 15.3. The van der Waals surface area contributed by atoms with Crippen LogP contribution in [0.2, 0.25) is 0 Å². The first-order valence-corrected chi connectivity index (χ1v) is 18.7. The molecule has 4 aliphatic rings. The third kappa shape index (κ3) is 4.61. The second kappa shape index (κ2) is 11.6. The molecule has 242 valence electrons. The van der Waals surface area contributed by atoms with Crippen LogP contribution in [-0.4, -0.2) is 62.8 Å². The second-order valence-corrected chi connectivity index (χ2v) is 14.8. The summed E-state index contributed by atoms with van der Waals surface area (Å²) in [6.07, 6.45) is 3.73. The van der Waals surface area contributed by atoms with Crippen molar-refractivity contribution in [1.29, 1.82) is 0 Å². The zero-order valence-electron chi connectivity index (χ0n) is 25.1. The fourth-order valence-electron chi connectivity index (χ4n) is 5.98. The van der Waals surface area contributed by atoms with Crippen LogP contribution in [0.3, 0.4) is 0 Å². The monoisotopic (exact) mass is 716 g/mol. The van der Waals surface area contributed by atoms with Crippen molar-refractivity contribution in [2.45, 2.75) is 0 Å². The molecule has 0 unspecified atom stereocenters. The number of thiophene rings is 4. The van der Waals surface area contributed by atoms with Crippen LogP contribution >= 0.6 is 45.3 Å². The number of hydrogen-bond acceptors (Lipinski definition) is 14. The van der Waals surface area contributed by atoms with Crippen LogP contribution in [0.25, 0.3) is 51.8 Å². The Morgan fingerprint density at radius 2 is 0.771 bits per heavy atom. The second-order valence-electron chi connectivity index (χ2n) is 11.0. The lowest BCUT2D eigenvalue weighted by molar-refractivity contribution is 0.172. The molecule has 0 saturated heterocycles. The summed E-state index contributed by atoms with van der Waals surface area (Å²) in [5, 5.41) is 3.97. The quantitative estimate of drug-likeness (QED) is 0.174. The Morgan fingerprint density at radius 1 is 0.396 bits per heavy atom. The molecule has 4 aliphatic heterocycles. The molecule has 0 aliphatic carbocycles. The van der Waals surface area contributed by atoms with Gasteiger partial charge in [0.15, 0.2) is 46.0 Å². The highest BCUT2D eigenvalue weighted by Gasteiger charge is 2.32. The summed E-state index contributed by atoms with van der Waals surface area (Å²) in [5.41, 5.74) is 3.41. The fraction of sp³-hybridized carbons (Fsp3) is 0.235. The zero-order chi connectivity index (χ0) is 31.6. The first kappa shape index (κ1) is 28.5. The van der Waals surface area contributed by atoms with E-state index in [1.165, 1.54) is 0 Å². The van der Waals surface area contributed by atoms with Crippen LogP contribution in [0.1, 0.15) is 0 Å². The topological polar surface area (TPSA) is 99.6 Å². The maximum atomic E-state index is 6.14. The molecule has 0 atom stereocenters. The van der Waals surface area contributed by atoms with Gasteiger partial charge < -0.3 is 37.9 Å². The van der Waals surface area contributed by atoms with Crippen molar-refractivity contribution in [1.82, 2.24) is 9.97 Å². The predicted molar refractivity (Wildman–Crippen MR) is 185 cm³/mol. The Hall–Kier alpha value is -4.50. The lowest BCUT2D eigenvalue weighted by atomic mass is 10.1. The Bertz CT molecular complexity index is 2010. The maximum Gasteiger partial charge on any atom is 0.181 e. The minimum absolute atomic E-state index is 0.490. The fourth-order valence-corrected chi connectivity index (χ4v) is 10.5. The number of pyridine rings is 2. The highest BCUT2D eigenvalue weighted by Crippen LogP contribution is 2.60. The summed E-state index contributed by atoms with van der Waals surface area (Å²) in [6.45, 7) is 4.12. The van der Waals surface area contributed by atoms with Gasteiger partial charge in [-0.05, 0) is 24.3 Å². The van der Waals surface area contributed by atoms with Gasteiger partial charge in [-0.3, -0.25) is 9.97 Å². The van der Waals surface area contributed by atoms with E-state index >= 15 is 0 Å². The molecule has 6 aromatic heterocycles. The minimum Gasteiger partial charge on any atom is -0.485 e. The van der Waals surface area contributed by atoms with Crippen LogP contribution in [0.4, 0.5) is 0 Å². The first-order chi connectivity index (χ1) is 23.8. The number of fused-ring (bicyclic) bond motifs is 4. The van der Waals surface area contributed by atoms with Gasteiger partial charge in [0.2, 0.25) is 0 Å². The van der Waals surface area contributed by atoms with Crippen molar-refractivity contribution in [2.24, 2.45) is 0 Å². The zero-order valence-corrected chi connectivity index (χ0v) is 28.3. The standard InChI is InChI=1S/C34H24N2O8S4/c1-3-19(35-13-17(1)29-25-27(43-11-9-41-25)33(47-29)31-23-21(15-45-31)37-5-7-39-23)20-4-2-18(14-36-20)30-26-28(44-12-10-42-26)34(48-30)32-24-22(16-46-32)38-6-8-40-24/h1-4,13-16H,5-12H2. The van der Waals surface area contributed by atoms with Crippen LogP contribution in [0, 0.1) is 0 Å². The highest BCUT2D eigenvalue weighted by atomic mass is 32.1. The van der Waals surface area contributed by atoms with Crippen molar-refractivity contribution in [3.05, 3.63) is 47.4 Å². The van der Waals surface area contributed by atoms with Crippen molar-refractivity contribution < 1.29 is 37.9 Å². The Balaban J connectivity index is 0.955. The Labute approximate surface area is 290 Å². The number of hydrogen-bond donors (Lipinski definition) is 0. The summed E-state index contributed by atoms with van der Waals surface area (Å²) < 4.78 is 48.1. The lowest BCUT2D eigenvalue weighted by Gasteiger charge is -2.18. The van der Waals surface area contributed by atoms with Gasteiger partial charge in [0.1, 0.15) is 52.9 Å².